The van der Waals surface area contributed by atoms with Crippen LogP contribution >= 0.6 is 0 Å². The Balaban J connectivity index is 3.58. The second-order valence-electron chi connectivity index (χ2n) is 2.05. The van der Waals surface area contributed by atoms with E-state index in [0.717, 1.165) is 12.0 Å². The molecule has 1 heteroatoms. The number of aliphatic hydroxyl groups excluding tert-OH is 1. The summed E-state index contributed by atoms with van der Waals surface area (Å²) in [5.74, 6) is 0. The van der Waals surface area contributed by atoms with Crippen molar-refractivity contribution in [3.8, 4) is 0 Å². The van der Waals surface area contributed by atoms with Crippen molar-refractivity contribution in [2.24, 2.45) is 0 Å². The van der Waals surface area contributed by atoms with Gasteiger partial charge < -0.3 is 5.11 Å². The van der Waals surface area contributed by atoms with Crippen LogP contribution in [-0.4, -0.2) is 11.2 Å². The minimum absolute atomic E-state index is 0.382. The molecular weight excluding hydrogens is 112 g/mol. The van der Waals surface area contributed by atoms with E-state index in [0.29, 0.717) is 6.42 Å². The van der Waals surface area contributed by atoms with Crippen molar-refractivity contribution in [1.29, 1.82) is 0 Å². The molecule has 1 nitrogen and oxygen atoms in total. The highest BCUT2D eigenvalue weighted by molar-refractivity contribution is 5.02. The van der Waals surface area contributed by atoms with Gasteiger partial charge in [0.2, 0.25) is 0 Å². The Hall–Kier alpha value is -0.560. The molecule has 1 N–H and O–H groups in total. The minimum atomic E-state index is -0.382. The van der Waals surface area contributed by atoms with Crippen molar-refractivity contribution in [3.63, 3.8) is 0 Å². The lowest BCUT2D eigenvalue weighted by Gasteiger charge is -2.07. The predicted molar refractivity (Wildman–Crippen MR) is 40.3 cm³/mol. The van der Waals surface area contributed by atoms with Crippen molar-refractivity contribution in [2.75, 3.05) is 0 Å². The zero-order valence-electron chi connectivity index (χ0n) is 5.93. The summed E-state index contributed by atoms with van der Waals surface area (Å²) in [4.78, 5) is 0. The van der Waals surface area contributed by atoms with Gasteiger partial charge >= 0.3 is 0 Å². The second-order valence-corrected chi connectivity index (χ2v) is 2.05. The lowest BCUT2D eigenvalue weighted by Crippen LogP contribution is -2.06. The summed E-state index contributed by atoms with van der Waals surface area (Å²) < 4.78 is 0. The Bertz CT molecular complexity index is 105. The summed E-state index contributed by atoms with van der Waals surface area (Å²) in [7, 11) is 0. The third-order valence-electron chi connectivity index (χ3n) is 1.32. The molecule has 1 atom stereocenters. The van der Waals surface area contributed by atoms with Crippen LogP contribution in [0.4, 0.5) is 0 Å². The molecule has 0 aromatic heterocycles. The molecule has 0 heterocycles. The van der Waals surface area contributed by atoms with Crippen molar-refractivity contribution in [3.05, 3.63) is 24.8 Å². The molecule has 0 aromatic carbocycles. The molecule has 0 radical (unpaired) electrons. The van der Waals surface area contributed by atoms with Gasteiger partial charge in [-0.25, -0.2) is 0 Å². The molecule has 0 amide bonds. The highest BCUT2D eigenvalue weighted by Gasteiger charge is 2.02. The largest absolute Gasteiger partial charge is 0.388 e. The first-order chi connectivity index (χ1) is 4.22. The van der Waals surface area contributed by atoms with Crippen LogP contribution in [0, 0.1) is 0 Å². The lowest BCUT2D eigenvalue weighted by molar-refractivity contribution is 0.211. The van der Waals surface area contributed by atoms with E-state index in [1.807, 2.05) is 6.92 Å². The van der Waals surface area contributed by atoms with Crippen LogP contribution in [0.25, 0.3) is 0 Å². The van der Waals surface area contributed by atoms with Gasteiger partial charge in [-0.15, -0.1) is 6.58 Å². The third kappa shape index (κ3) is 3.09. The molecule has 0 aliphatic carbocycles. The van der Waals surface area contributed by atoms with Gasteiger partial charge in [-0.3, -0.25) is 0 Å². The van der Waals surface area contributed by atoms with Gasteiger partial charge in [0.15, 0.2) is 0 Å². The average Bonchev–Trinajstić information content (AvgIpc) is 1.87. The van der Waals surface area contributed by atoms with Gasteiger partial charge in [0, 0.05) is 0 Å². The van der Waals surface area contributed by atoms with E-state index in [4.69, 9.17) is 5.11 Å². The fourth-order valence-corrected chi connectivity index (χ4v) is 0.560. The maximum Gasteiger partial charge on any atom is 0.0781 e. The molecule has 0 rings (SSSR count). The van der Waals surface area contributed by atoms with Crippen LogP contribution in [0.2, 0.25) is 0 Å². The molecule has 0 aliphatic rings. The zero-order chi connectivity index (χ0) is 7.28. The Labute approximate surface area is 56.7 Å². The molecule has 52 valence electrons. The number of rotatable bonds is 4. The normalized spacial score (nSPS) is 12.7. The van der Waals surface area contributed by atoms with Gasteiger partial charge in [0.25, 0.3) is 0 Å². The number of aliphatic hydroxyl groups is 1. The molecule has 0 saturated carbocycles. The van der Waals surface area contributed by atoms with Crippen LogP contribution in [0.15, 0.2) is 24.8 Å². The molecule has 0 bridgehead atoms. The number of hydrogen-bond donors (Lipinski definition) is 1. The average molecular weight is 126 g/mol. The molecule has 0 spiro atoms. The van der Waals surface area contributed by atoms with Crippen molar-refractivity contribution in [1.82, 2.24) is 0 Å². The van der Waals surface area contributed by atoms with E-state index in [-0.39, 0.29) is 6.10 Å². The van der Waals surface area contributed by atoms with E-state index >= 15 is 0 Å². The van der Waals surface area contributed by atoms with E-state index in [1.54, 1.807) is 6.08 Å². The van der Waals surface area contributed by atoms with Crippen LogP contribution in [0.1, 0.15) is 19.8 Å². The SMILES string of the molecule is C=CC[C@@H](O)C(=C)CC. The van der Waals surface area contributed by atoms with E-state index < -0.39 is 0 Å². The molecule has 9 heavy (non-hydrogen) atoms. The first kappa shape index (κ1) is 8.44. The molecule has 0 aromatic rings. The summed E-state index contributed by atoms with van der Waals surface area (Å²) in [6, 6.07) is 0. The summed E-state index contributed by atoms with van der Waals surface area (Å²) >= 11 is 0. The van der Waals surface area contributed by atoms with Gasteiger partial charge in [-0.05, 0) is 18.4 Å². The fraction of sp³-hybridized carbons (Fsp3) is 0.500. The van der Waals surface area contributed by atoms with Crippen molar-refractivity contribution in [2.45, 2.75) is 25.9 Å². The second kappa shape index (κ2) is 4.33. The summed E-state index contributed by atoms with van der Waals surface area (Å²) in [6.45, 7) is 9.19. The maximum absolute atomic E-state index is 9.15. The Morgan fingerprint density at radius 1 is 1.78 bits per heavy atom. The van der Waals surface area contributed by atoms with E-state index in [9.17, 15) is 0 Å². The molecule has 0 fully saturated rings. The van der Waals surface area contributed by atoms with Crippen molar-refractivity contribution < 1.29 is 5.11 Å². The van der Waals surface area contributed by atoms with Crippen LogP contribution < -0.4 is 0 Å². The van der Waals surface area contributed by atoms with Crippen LogP contribution in [-0.2, 0) is 0 Å². The summed E-state index contributed by atoms with van der Waals surface area (Å²) in [5.41, 5.74) is 0.884. The van der Waals surface area contributed by atoms with Crippen molar-refractivity contribution >= 4 is 0 Å². The Kier molecular flexibility index (Phi) is 4.06. The van der Waals surface area contributed by atoms with E-state index in [2.05, 4.69) is 13.2 Å². The fourth-order valence-electron chi connectivity index (χ4n) is 0.560. The summed E-state index contributed by atoms with van der Waals surface area (Å²) in [5, 5.41) is 9.15. The monoisotopic (exact) mass is 126 g/mol. The third-order valence-corrected chi connectivity index (χ3v) is 1.32. The Morgan fingerprint density at radius 3 is 2.67 bits per heavy atom. The maximum atomic E-state index is 9.15. The quantitative estimate of drug-likeness (QED) is 0.570. The smallest absolute Gasteiger partial charge is 0.0781 e. The Morgan fingerprint density at radius 2 is 2.33 bits per heavy atom. The van der Waals surface area contributed by atoms with E-state index in [1.165, 1.54) is 0 Å². The highest BCUT2D eigenvalue weighted by atomic mass is 16.3. The first-order valence-corrected chi connectivity index (χ1v) is 3.19. The topological polar surface area (TPSA) is 20.2 Å². The standard InChI is InChI=1S/C8H14O/c1-4-6-8(9)7(3)5-2/h4,8-9H,1,3,5-6H2,2H3/t8-/m1/s1. The highest BCUT2D eigenvalue weighted by Crippen LogP contribution is 2.07. The zero-order valence-corrected chi connectivity index (χ0v) is 5.93. The first-order valence-electron chi connectivity index (χ1n) is 3.19. The molecular formula is C8H14O. The van der Waals surface area contributed by atoms with Gasteiger partial charge in [0.1, 0.15) is 0 Å². The van der Waals surface area contributed by atoms with Gasteiger partial charge in [0.05, 0.1) is 6.10 Å². The van der Waals surface area contributed by atoms with Crippen LogP contribution in [0.3, 0.4) is 0 Å². The molecule has 0 saturated heterocycles. The summed E-state index contributed by atoms with van der Waals surface area (Å²) in [6.07, 6.45) is 2.78. The predicted octanol–water partition coefficient (Wildman–Crippen LogP) is 1.89. The molecule has 0 aliphatic heterocycles. The van der Waals surface area contributed by atoms with Crippen LogP contribution in [0.5, 0.6) is 0 Å². The van der Waals surface area contributed by atoms with Gasteiger partial charge in [-0.2, -0.15) is 0 Å². The molecule has 0 unspecified atom stereocenters. The minimum Gasteiger partial charge on any atom is -0.388 e. The number of hydrogen-bond acceptors (Lipinski definition) is 1. The lowest BCUT2D eigenvalue weighted by atomic mass is 10.1. The van der Waals surface area contributed by atoms with Gasteiger partial charge in [-0.1, -0.05) is 19.6 Å².